The third-order valence-electron chi connectivity index (χ3n) is 4.11. The Kier molecular flexibility index (Phi) is 4.74. The van der Waals surface area contributed by atoms with Gasteiger partial charge in [-0.2, -0.15) is 0 Å². The van der Waals surface area contributed by atoms with Crippen molar-refractivity contribution in [2.24, 2.45) is 0 Å². The van der Waals surface area contributed by atoms with E-state index in [4.69, 9.17) is 15.3 Å². The van der Waals surface area contributed by atoms with Crippen molar-refractivity contribution in [1.82, 2.24) is 4.98 Å². The SMILES string of the molecule is [2H]c1sc(N)nc1CC(=O)Nc1ccc(CCCC([2H])([2H])[C@H](O)c2c([2H])c([2H])c([2H])c(C)c2[2H])cc1. The van der Waals surface area contributed by atoms with Crippen LogP contribution in [0.25, 0.3) is 0 Å². The van der Waals surface area contributed by atoms with Crippen LogP contribution in [0, 0.1) is 6.92 Å². The molecule has 1 amide bonds. The molecule has 0 aliphatic heterocycles. The molecule has 6 heteroatoms. The third kappa shape index (κ3) is 6.69. The van der Waals surface area contributed by atoms with E-state index in [1.165, 1.54) is 6.92 Å². The molecule has 0 aliphatic rings. The number of nitrogens with zero attached hydrogens (tertiary/aromatic N) is 1. The molecule has 152 valence electrons. The molecule has 1 heterocycles. The summed E-state index contributed by atoms with van der Waals surface area (Å²) < 4.78 is 56.2. The van der Waals surface area contributed by atoms with Gasteiger partial charge >= 0.3 is 0 Å². The molecule has 0 saturated heterocycles. The van der Waals surface area contributed by atoms with Gasteiger partial charge in [0.25, 0.3) is 0 Å². The zero-order valence-electron chi connectivity index (χ0n) is 23.0. The van der Waals surface area contributed by atoms with Gasteiger partial charge in [-0.3, -0.25) is 4.79 Å². The van der Waals surface area contributed by atoms with E-state index in [1.807, 2.05) is 0 Å². The van der Waals surface area contributed by atoms with Gasteiger partial charge in [0.05, 0.1) is 25.1 Å². The first-order valence-electron chi connectivity index (χ1n) is 12.7. The summed E-state index contributed by atoms with van der Waals surface area (Å²) in [6.45, 7) is 1.45. The molecule has 0 bridgehead atoms. The Balaban J connectivity index is 1.57. The predicted molar refractivity (Wildman–Crippen MR) is 119 cm³/mol. The number of aliphatic hydroxyl groups excluding tert-OH is 1. The molecule has 0 saturated carbocycles. The number of carbonyl (C=O) groups is 1. The van der Waals surface area contributed by atoms with Crippen LogP contribution in [-0.2, 0) is 17.6 Å². The van der Waals surface area contributed by atoms with Crippen molar-refractivity contribution in [3.63, 3.8) is 0 Å². The van der Waals surface area contributed by atoms with E-state index in [-0.39, 0.29) is 52.4 Å². The molecule has 1 atom stereocenters. The summed E-state index contributed by atoms with van der Waals surface area (Å²) >= 11 is 1.01. The van der Waals surface area contributed by atoms with Crippen LogP contribution in [0.4, 0.5) is 10.8 Å². The number of thiazole rings is 1. The van der Waals surface area contributed by atoms with Crippen LogP contribution in [0.2, 0.25) is 0 Å². The molecule has 0 aliphatic carbocycles. The number of nitrogen functional groups attached to an aromatic ring is 1. The highest BCUT2D eigenvalue weighted by atomic mass is 32.1. The molecule has 2 aromatic carbocycles. The van der Waals surface area contributed by atoms with Gasteiger partial charge in [0.2, 0.25) is 5.91 Å². The predicted octanol–water partition coefficient (Wildman–Crippen LogP) is 4.66. The molecule has 0 spiro atoms. The van der Waals surface area contributed by atoms with Crippen LogP contribution >= 0.6 is 11.3 Å². The smallest absolute Gasteiger partial charge is 0.230 e. The fourth-order valence-corrected chi connectivity index (χ4v) is 3.20. The summed E-state index contributed by atoms with van der Waals surface area (Å²) in [6.07, 6.45) is -3.15. The van der Waals surface area contributed by atoms with Crippen molar-refractivity contribution in [2.45, 2.75) is 45.1 Å². The molecule has 0 fully saturated rings. The van der Waals surface area contributed by atoms with Crippen LogP contribution in [0.5, 0.6) is 0 Å². The number of aliphatic hydroxyl groups is 1. The van der Waals surface area contributed by atoms with Gasteiger partial charge < -0.3 is 16.2 Å². The Morgan fingerprint density at radius 3 is 2.86 bits per heavy atom. The summed E-state index contributed by atoms with van der Waals surface area (Å²) in [5.74, 6) is -0.323. The highest BCUT2D eigenvalue weighted by Gasteiger charge is 2.08. The number of nitrogens with one attached hydrogen (secondary N) is 1. The topological polar surface area (TPSA) is 88.2 Å². The second-order valence-electron chi connectivity index (χ2n) is 6.52. The maximum atomic E-state index is 12.2. The van der Waals surface area contributed by atoms with Gasteiger partial charge in [0, 0.05) is 13.8 Å². The monoisotopic (exact) mass is 416 g/mol. The maximum Gasteiger partial charge on any atom is 0.230 e. The van der Waals surface area contributed by atoms with Crippen LogP contribution in [-0.4, -0.2) is 16.0 Å². The Morgan fingerprint density at radius 1 is 1.34 bits per heavy atom. The van der Waals surface area contributed by atoms with Crippen molar-refractivity contribution in [3.05, 3.63) is 76.2 Å². The van der Waals surface area contributed by atoms with Gasteiger partial charge in [-0.05, 0) is 49.4 Å². The van der Waals surface area contributed by atoms with E-state index in [2.05, 4.69) is 10.3 Å². The van der Waals surface area contributed by atoms with Crippen LogP contribution in [0.3, 0.4) is 0 Å². The van der Waals surface area contributed by atoms with Crippen LogP contribution in [0.15, 0.2) is 53.8 Å². The van der Waals surface area contributed by atoms with Crippen molar-refractivity contribution < 1.29 is 19.5 Å². The zero-order chi connectivity index (χ0) is 26.8. The van der Waals surface area contributed by atoms with Crippen LogP contribution < -0.4 is 11.1 Å². The first-order chi connectivity index (χ1) is 16.8. The molecule has 5 nitrogen and oxygen atoms in total. The molecule has 29 heavy (non-hydrogen) atoms. The lowest BCUT2D eigenvalue weighted by atomic mass is 10.00. The Bertz CT molecular complexity index is 1240. The number of benzene rings is 2. The van der Waals surface area contributed by atoms with E-state index >= 15 is 0 Å². The zero-order valence-corrected chi connectivity index (χ0v) is 16.8. The molecule has 0 radical (unpaired) electrons. The van der Waals surface area contributed by atoms with Crippen LogP contribution in [0.1, 0.15) is 57.3 Å². The fourth-order valence-electron chi connectivity index (χ4n) is 2.70. The number of hydrogen-bond acceptors (Lipinski definition) is 5. The van der Waals surface area contributed by atoms with Gasteiger partial charge in [-0.25, -0.2) is 4.98 Å². The number of aromatic nitrogens is 1. The minimum Gasteiger partial charge on any atom is -0.388 e. The number of carbonyl (C=O) groups excluding carboxylic acids is 1. The van der Waals surface area contributed by atoms with Crippen molar-refractivity contribution >= 4 is 28.1 Å². The van der Waals surface area contributed by atoms with E-state index in [1.54, 1.807) is 24.3 Å². The average molecular weight is 417 g/mol. The summed E-state index contributed by atoms with van der Waals surface area (Å²) in [4.78, 5) is 16.2. The third-order valence-corrected chi connectivity index (χ3v) is 4.75. The van der Waals surface area contributed by atoms with Crippen molar-refractivity contribution in [2.75, 3.05) is 11.1 Å². The highest BCUT2D eigenvalue weighted by molar-refractivity contribution is 7.13. The van der Waals surface area contributed by atoms with Gasteiger partial charge in [-0.15, -0.1) is 11.3 Å². The number of hydrogen-bond donors (Lipinski definition) is 3. The molecular weight excluding hydrogens is 382 g/mol. The lowest BCUT2D eigenvalue weighted by molar-refractivity contribution is -0.115. The average Bonchev–Trinajstić information content (AvgIpc) is 3.13. The molecule has 0 unspecified atom stereocenters. The number of aryl methyl sites for hydroxylation is 1. The summed E-state index contributed by atoms with van der Waals surface area (Å²) in [5.41, 5.74) is 7.20. The minimum atomic E-state index is -2.14. The number of nitrogens with two attached hydrogens (primary N) is 1. The van der Waals surface area contributed by atoms with E-state index < -0.39 is 24.6 Å². The quantitative estimate of drug-likeness (QED) is 0.473. The number of amides is 1. The Hall–Kier alpha value is -2.70. The first kappa shape index (κ1) is 13.5. The lowest BCUT2D eigenvalue weighted by Crippen LogP contribution is -2.14. The Morgan fingerprint density at radius 2 is 2.14 bits per heavy atom. The standard InChI is InChI=1S/C23H27N3O2S/c1-16-5-4-7-18(13-16)21(27)8-3-2-6-17-9-11-19(12-10-17)25-22(28)14-20-15-29-23(24)26-20/h4-5,7,9-13,15,21,27H,2-3,6,8,14H2,1H3,(H2,24,26)(H,25,28)/t21-/m0/s1/i4D,5D,7D,8D2,13D,15D. The maximum absolute atomic E-state index is 12.2. The lowest BCUT2D eigenvalue weighted by Gasteiger charge is -2.11. The summed E-state index contributed by atoms with van der Waals surface area (Å²) in [5, 5.41) is 13.8. The summed E-state index contributed by atoms with van der Waals surface area (Å²) in [7, 11) is 0. The van der Waals surface area contributed by atoms with E-state index in [0.29, 0.717) is 24.2 Å². The molecule has 3 rings (SSSR count). The molecule has 4 N–H and O–H groups in total. The molecule has 3 aromatic rings. The van der Waals surface area contributed by atoms with Gasteiger partial charge in [-0.1, -0.05) is 48.3 Å². The van der Waals surface area contributed by atoms with E-state index in [0.717, 1.165) is 16.9 Å². The molecule has 1 aromatic heterocycles. The Labute approximate surface area is 185 Å². The normalized spacial score (nSPS) is 15.9. The molecular formula is C23H27N3O2S. The summed E-state index contributed by atoms with van der Waals surface area (Å²) in [6, 6.07) is 5.54. The van der Waals surface area contributed by atoms with E-state index in [9.17, 15) is 9.90 Å². The first-order valence-corrected chi connectivity index (χ1v) is 9.99. The largest absolute Gasteiger partial charge is 0.388 e. The fraction of sp³-hybridized carbons (Fsp3) is 0.304. The van der Waals surface area contributed by atoms with Gasteiger partial charge in [0.15, 0.2) is 5.13 Å². The second kappa shape index (κ2) is 10.2. The number of anilines is 2. The van der Waals surface area contributed by atoms with Gasteiger partial charge in [0.1, 0.15) is 0 Å². The highest BCUT2D eigenvalue weighted by Crippen LogP contribution is 2.21. The number of rotatable bonds is 9. The van der Waals surface area contributed by atoms with Crippen molar-refractivity contribution in [1.29, 1.82) is 0 Å². The minimum absolute atomic E-state index is 0.0488. The van der Waals surface area contributed by atoms with Crippen molar-refractivity contribution in [3.8, 4) is 0 Å². The second-order valence-corrected chi connectivity index (χ2v) is 7.35.